The molecule has 0 heterocycles. The van der Waals surface area contributed by atoms with E-state index in [1.54, 1.807) is 12.1 Å². The van der Waals surface area contributed by atoms with Crippen molar-refractivity contribution in [3.63, 3.8) is 0 Å². The summed E-state index contributed by atoms with van der Waals surface area (Å²) < 4.78 is 0. The largest absolute Gasteiger partial charge is 0.378 e. The Bertz CT molecular complexity index is 292. The van der Waals surface area contributed by atoms with E-state index in [1.165, 1.54) is 5.56 Å². The van der Waals surface area contributed by atoms with Gasteiger partial charge in [-0.15, -0.1) is 0 Å². The van der Waals surface area contributed by atoms with Crippen LogP contribution in [-0.4, -0.2) is 11.0 Å². The van der Waals surface area contributed by atoms with Crippen molar-refractivity contribution in [3.05, 3.63) is 35.4 Å². The maximum absolute atomic E-state index is 10.6. The first-order valence-electron chi connectivity index (χ1n) is 4.21. The van der Waals surface area contributed by atoms with Crippen LogP contribution in [0.2, 0.25) is 0 Å². The van der Waals surface area contributed by atoms with Crippen LogP contribution in [0.15, 0.2) is 24.3 Å². The average Bonchev–Trinajstić information content (AvgIpc) is 2.17. The van der Waals surface area contributed by atoms with Crippen molar-refractivity contribution in [2.45, 2.75) is 19.4 Å². The zero-order valence-corrected chi connectivity index (χ0v) is 7.53. The highest BCUT2D eigenvalue weighted by Gasteiger charge is 2.12. The first kappa shape index (κ1) is 9.74. The van der Waals surface area contributed by atoms with Gasteiger partial charge in [-0.05, 0) is 17.5 Å². The Balaban J connectivity index is 2.85. The molecule has 13 heavy (non-hydrogen) atoms. The SMILES string of the molecule is CCc1ccc(C(O)C(N)=O)cc1. The number of primary amides is 1. The van der Waals surface area contributed by atoms with Crippen LogP contribution in [-0.2, 0) is 11.2 Å². The summed E-state index contributed by atoms with van der Waals surface area (Å²) in [7, 11) is 0. The van der Waals surface area contributed by atoms with Crippen LogP contribution in [0.4, 0.5) is 0 Å². The average molecular weight is 179 g/mol. The zero-order chi connectivity index (χ0) is 9.84. The van der Waals surface area contributed by atoms with E-state index in [-0.39, 0.29) is 0 Å². The predicted molar refractivity (Wildman–Crippen MR) is 50.0 cm³/mol. The van der Waals surface area contributed by atoms with Gasteiger partial charge in [0.1, 0.15) is 0 Å². The minimum absolute atomic E-state index is 0.546. The predicted octanol–water partition coefficient (Wildman–Crippen LogP) is 0.768. The highest BCUT2D eigenvalue weighted by atomic mass is 16.3. The van der Waals surface area contributed by atoms with Gasteiger partial charge in [-0.25, -0.2) is 0 Å². The highest BCUT2D eigenvalue weighted by Crippen LogP contribution is 2.13. The Kier molecular flexibility index (Phi) is 3.03. The number of hydrogen-bond acceptors (Lipinski definition) is 2. The Hall–Kier alpha value is -1.35. The number of amides is 1. The molecular weight excluding hydrogens is 166 g/mol. The standard InChI is InChI=1S/C10H13NO2/c1-2-7-3-5-8(6-4-7)9(12)10(11)13/h3-6,9,12H,2H2,1H3,(H2,11,13). The maximum Gasteiger partial charge on any atom is 0.250 e. The number of aryl methyl sites for hydroxylation is 1. The summed E-state index contributed by atoms with van der Waals surface area (Å²) in [5.41, 5.74) is 6.66. The molecule has 0 spiro atoms. The van der Waals surface area contributed by atoms with Gasteiger partial charge in [0.2, 0.25) is 0 Å². The van der Waals surface area contributed by atoms with E-state index in [0.717, 1.165) is 6.42 Å². The van der Waals surface area contributed by atoms with E-state index in [0.29, 0.717) is 5.56 Å². The molecule has 70 valence electrons. The molecule has 3 heteroatoms. The molecule has 0 aliphatic heterocycles. The lowest BCUT2D eigenvalue weighted by molar-refractivity contribution is -0.126. The van der Waals surface area contributed by atoms with E-state index in [4.69, 9.17) is 5.73 Å². The number of hydrogen-bond donors (Lipinski definition) is 2. The molecule has 1 atom stereocenters. The molecule has 0 radical (unpaired) electrons. The third-order valence-corrected chi connectivity index (χ3v) is 1.97. The minimum atomic E-state index is -1.19. The lowest BCUT2D eigenvalue weighted by Crippen LogP contribution is -2.20. The first-order chi connectivity index (χ1) is 6.15. The summed E-state index contributed by atoms with van der Waals surface area (Å²) in [5, 5.41) is 9.29. The van der Waals surface area contributed by atoms with Crippen LogP contribution in [0.25, 0.3) is 0 Å². The fourth-order valence-electron chi connectivity index (χ4n) is 1.10. The Morgan fingerprint density at radius 3 is 2.38 bits per heavy atom. The Morgan fingerprint density at radius 2 is 2.00 bits per heavy atom. The third kappa shape index (κ3) is 2.29. The number of nitrogens with two attached hydrogens (primary N) is 1. The molecule has 3 nitrogen and oxygen atoms in total. The second kappa shape index (κ2) is 4.05. The lowest BCUT2D eigenvalue weighted by atomic mass is 10.1. The second-order valence-electron chi connectivity index (χ2n) is 2.90. The molecule has 1 aromatic carbocycles. The molecule has 0 aromatic heterocycles. The van der Waals surface area contributed by atoms with E-state index in [9.17, 15) is 9.90 Å². The van der Waals surface area contributed by atoms with Crippen molar-refractivity contribution in [1.29, 1.82) is 0 Å². The first-order valence-corrected chi connectivity index (χ1v) is 4.21. The van der Waals surface area contributed by atoms with Gasteiger partial charge in [0.05, 0.1) is 0 Å². The van der Waals surface area contributed by atoms with Crippen molar-refractivity contribution in [3.8, 4) is 0 Å². The minimum Gasteiger partial charge on any atom is -0.378 e. The summed E-state index contributed by atoms with van der Waals surface area (Å²) in [6, 6.07) is 7.19. The fraction of sp³-hybridized carbons (Fsp3) is 0.300. The summed E-state index contributed by atoms with van der Waals surface area (Å²) >= 11 is 0. The zero-order valence-electron chi connectivity index (χ0n) is 7.53. The molecule has 3 N–H and O–H groups in total. The van der Waals surface area contributed by atoms with Gasteiger partial charge in [0.15, 0.2) is 6.10 Å². The van der Waals surface area contributed by atoms with Crippen molar-refractivity contribution in [2.24, 2.45) is 5.73 Å². The highest BCUT2D eigenvalue weighted by molar-refractivity contribution is 5.80. The van der Waals surface area contributed by atoms with Gasteiger partial charge in [-0.3, -0.25) is 4.79 Å². The summed E-state index contributed by atoms with van der Waals surface area (Å²) in [6.07, 6.45) is -0.252. The molecule has 0 aliphatic carbocycles. The summed E-state index contributed by atoms with van der Waals surface area (Å²) in [5.74, 6) is -0.718. The molecule has 1 rings (SSSR count). The molecule has 0 bridgehead atoms. The van der Waals surface area contributed by atoms with Crippen molar-refractivity contribution >= 4 is 5.91 Å². The normalized spacial score (nSPS) is 12.5. The van der Waals surface area contributed by atoms with Gasteiger partial charge in [-0.2, -0.15) is 0 Å². The van der Waals surface area contributed by atoms with Crippen LogP contribution in [0.1, 0.15) is 24.2 Å². The van der Waals surface area contributed by atoms with Crippen molar-refractivity contribution in [1.82, 2.24) is 0 Å². The monoisotopic (exact) mass is 179 g/mol. The number of rotatable bonds is 3. The third-order valence-electron chi connectivity index (χ3n) is 1.97. The number of carbonyl (C=O) groups excluding carboxylic acids is 1. The van der Waals surface area contributed by atoms with Gasteiger partial charge in [0, 0.05) is 0 Å². The van der Waals surface area contributed by atoms with E-state index in [1.807, 2.05) is 19.1 Å². The van der Waals surface area contributed by atoms with Crippen LogP contribution in [0.3, 0.4) is 0 Å². The van der Waals surface area contributed by atoms with Crippen molar-refractivity contribution < 1.29 is 9.90 Å². The van der Waals surface area contributed by atoms with Crippen LogP contribution in [0.5, 0.6) is 0 Å². The Morgan fingerprint density at radius 1 is 1.46 bits per heavy atom. The number of benzene rings is 1. The topological polar surface area (TPSA) is 63.3 Å². The summed E-state index contributed by atoms with van der Waals surface area (Å²) in [4.78, 5) is 10.6. The number of aliphatic hydroxyl groups excluding tert-OH is 1. The van der Waals surface area contributed by atoms with Crippen LogP contribution in [0, 0.1) is 0 Å². The molecule has 0 saturated heterocycles. The maximum atomic E-state index is 10.6. The van der Waals surface area contributed by atoms with Crippen LogP contribution >= 0.6 is 0 Å². The number of carbonyl (C=O) groups is 1. The quantitative estimate of drug-likeness (QED) is 0.719. The molecule has 1 amide bonds. The molecule has 1 unspecified atom stereocenters. The fourth-order valence-corrected chi connectivity index (χ4v) is 1.10. The van der Waals surface area contributed by atoms with Crippen LogP contribution < -0.4 is 5.73 Å². The van der Waals surface area contributed by atoms with Gasteiger partial charge in [-0.1, -0.05) is 31.2 Å². The lowest BCUT2D eigenvalue weighted by Gasteiger charge is -2.06. The smallest absolute Gasteiger partial charge is 0.250 e. The van der Waals surface area contributed by atoms with Gasteiger partial charge in [0.25, 0.3) is 5.91 Å². The molecule has 0 aliphatic rings. The van der Waals surface area contributed by atoms with E-state index < -0.39 is 12.0 Å². The molecule has 0 saturated carbocycles. The van der Waals surface area contributed by atoms with E-state index >= 15 is 0 Å². The van der Waals surface area contributed by atoms with Crippen molar-refractivity contribution in [2.75, 3.05) is 0 Å². The molecule has 1 aromatic rings. The van der Waals surface area contributed by atoms with Gasteiger partial charge >= 0.3 is 0 Å². The Labute approximate surface area is 77.2 Å². The molecule has 0 fully saturated rings. The van der Waals surface area contributed by atoms with Gasteiger partial charge < -0.3 is 10.8 Å². The number of aliphatic hydroxyl groups is 1. The summed E-state index contributed by atoms with van der Waals surface area (Å²) in [6.45, 7) is 2.04. The molecular formula is C10H13NO2. The second-order valence-corrected chi connectivity index (χ2v) is 2.90. The van der Waals surface area contributed by atoms with E-state index in [2.05, 4.69) is 0 Å².